The number of primary amides is 1. The molecule has 0 aromatic heterocycles. The van der Waals surface area contributed by atoms with E-state index in [1.165, 1.54) is 25.7 Å². The van der Waals surface area contributed by atoms with E-state index in [4.69, 9.17) is 5.73 Å². The summed E-state index contributed by atoms with van der Waals surface area (Å²) in [6, 6.07) is -0.244. The number of carbonyl (C=O) groups excluding carboxylic acids is 1. The zero-order valence-corrected chi connectivity index (χ0v) is 9.83. The van der Waals surface area contributed by atoms with E-state index in [9.17, 15) is 4.79 Å². The molecule has 3 heteroatoms. The topological polar surface area (TPSA) is 46.3 Å². The van der Waals surface area contributed by atoms with Gasteiger partial charge in [0.25, 0.3) is 0 Å². The minimum atomic E-state index is -0.244. The molecule has 0 unspecified atom stereocenters. The van der Waals surface area contributed by atoms with E-state index in [1.807, 2.05) is 0 Å². The molecule has 1 saturated carbocycles. The lowest BCUT2D eigenvalue weighted by molar-refractivity contribution is -0.0137. The monoisotopic (exact) mass is 210 g/mol. The normalized spacial score (nSPS) is 25.7. The van der Waals surface area contributed by atoms with Crippen LogP contribution in [0, 0.1) is 17.3 Å². The molecular formula is C12H22N2O. The Morgan fingerprint density at radius 3 is 2.27 bits per heavy atom. The third-order valence-corrected chi connectivity index (χ3v) is 4.40. The summed E-state index contributed by atoms with van der Waals surface area (Å²) in [5.41, 5.74) is 5.70. The van der Waals surface area contributed by atoms with Gasteiger partial charge in [0.05, 0.1) is 0 Å². The van der Waals surface area contributed by atoms with E-state index < -0.39 is 0 Å². The van der Waals surface area contributed by atoms with Crippen LogP contribution in [-0.2, 0) is 0 Å². The number of likely N-dealkylation sites (tertiary alicyclic amines) is 1. The number of amides is 2. The van der Waals surface area contributed by atoms with Crippen LogP contribution >= 0.6 is 0 Å². The molecule has 0 aromatic rings. The van der Waals surface area contributed by atoms with Crippen molar-refractivity contribution in [3.05, 3.63) is 0 Å². The van der Waals surface area contributed by atoms with Crippen LogP contribution < -0.4 is 5.73 Å². The summed E-state index contributed by atoms with van der Waals surface area (Å²) in [5.74, 6) is 1.72. The Hall–Kier alpha value is -0.730. The van der Waals surface area contributed by atoms with Crippen molar-refractivity contribution < 1.29 is 4.79 Å². The fourth-order valence-electron chi connectivity index (χ4n) is 3.15. The van der Waals surface area contributed by atoms with Crippen LogP contribution in [0.4, 0.5) is 4.79 Å². The predicted molar refractivity (Wildman–Crippen MR) is 60.4 cm³/mol. The maximum atomic E-state index is 10.9. The fourth-order valence-corrected chi connectivity index (χ4v) is 3.15. The SMILES string of the molecule is CC(C)C1CCC2(CC1)CN(C(N)=O)C2. The van der Waals surface area contributed by atoms with E-state index in [0.717, 1.165) is 24.9 Å². The highest BCUT2D eigenvalue weighted by molar-refractivity contribution is 5.73. The van der Waals surface area contributed by atoms with Gasteiger partial charge in [0, 0.05) is 18.5 Å². The lowest BCUT2D eigenvalue weighted by atomic mass is 9.64. The van der Waals surface area contributed by atoms with Crippen LogP contribution in [0.25, 0.3) is 0 Å². The summed E-state index contributed by atoms with van der Waals surface area (Å²) in [5, 5.41) is 0. The van der Waals surface area contributed by atoms with Crippen molar-refractivity contribution in [2.24, 2.45) is 23.0 Å². The largest absolute Gasteiger partial charge is 0.351 e. The second-order valence-corrected chi connectivity index (χ2v) is 5.78. The first-order chi connectivity index (χ1) is 7.02. The molecule has 1 aliphatic heterocycles. The van der Waals surface area contributed by atoms with Crippen molar-refractivity contribution in [1.82, 2.24) is 4.90 Å². The highest BCUT2D eigenvalue weighted by Crippen LogP contribution is 2.46. The van der Waals surface area contributed by atoms with Crippen LogP contribution in [0.5, 0.6) is 0 Å². The van der Waals surface area contributed by atoms with Crippen molar-refractivity contribution in [1.29, 1.82) is 0 Å². The summed E-state index contributed by atoms with van der Waals surface area (Å²) >= 11 is 0. The van der Waals surface area contributed by atoms with Crippen molar-refractivity contribution in [3.63, 3.8) is 0 Å². The Bertz CT molecular complexity index is 246. The molecule has 0 bridgehead atoms. The average molecular weight is 210 g/mol. The zero-order valence-electron chi connectivity index (χ0n) is 9.83. The van der Waals surface area contributed by atoms with Crippen LogP contribution in [-0.4, -0.2) is 24.0 Å². The Morgan fingerprint density at radius 2 is 1.87 bits per heavy atom. The Labute approximate surface area is 92.0 Å². The highest BCUT2D eigenvalue weighted by atomic mass is 16.2. The second kappa shape index (κ2) is 3.69. The van der Waals surface area contributed by atoms with Gasteiger partial charge < -0.3 is 10.6 Å². The van der Waals surface area contributed by atoms with Crippen molar-refractivity contribution in [2.45, 2.75) is 39.5 Å². The first kappa shape index (κ1) is 10.8. The van der Waals surface area contributed by atoms with Crippen LogP contribution in [0.2, 0.25) is 0 Å². The van der Waals surface area contributed by atoms with E-state index >= 15 is 0 Å². The molecule has 2 amide bonds. The second-order valence-electron chi connectivity index (χ2n) is 5.78. The number of nitrogens with zero attached hydrogens (tertiary/aromatic N) is 1. The fraction of sp³-hybridized carbons (Fsp3) is 0.917. The van der Waals surface area contributed by atoms with Crippen LogP contribution in [0.1, 0.15) is 39.5 Å². The van der Waals surface area contributed by atoms with E-state index in [0.29, 0.717) is 5.41 Å². The minimum Gasteiger partial charge on any atom is -0.351 e. The van der Waals surface area contributed by atoms with Gasteiger partial charge in [-0.15, -0.1) is 0 Å². The van der Waals surface area contributed by atoms with Gasteiger partial charge >= 0.3 is 6.03 Å². The number of carbonyl (C=O) groups is 1. The quantitative estimate of drug-likeness (QED) is 0.708. The molecule has 2 N–H and O–H groups in total. The van der Waals surface area contributed by atoms with Gasteiger partial charge in [-0.2, -0.15) is 0 Å². The number of hydrogen-bond acceptors (Lipinski definition) is 1. The molecule has 1 spiro atoms. The molecule has 0 radical (unpaired) electrons. The Balaban J connectivity index is 1.83. The first-order valence-electron chi connectivity index (χ1n) is 6.07. The molecule has 3 nitrogen and oxygen atoms in total. The molecule has 2 aliphatic rings. The molecule has 2 rings (SSSR count). The number of urea groups is 1. The molecule has 1 saturated heterocycles. The molecule has 0 atom stereocenters. The molecule has 1 aliphatic carbocycles. The van der Waals surface area contributed by atoms with Gasteiger partial charge in [-0.25, -0.2) is 4.79 Å². The molecule has 86 valence electrons. The highest BCUT2D eigenvalue weighted by Gasteiger charge is 2.46. The lowest BCUT2D eigenvalue weighted by Crippen LogP contribution is -2.60. The first-order valence-corrected chi connectivity index (χ1v) is 6.07. The summed E-state index contributed by atoms with van der Waals surface area (Å²) in [6.45, 7) is 6.46. The van der Waals surface area contributed by atoms with Crippen LogP contribution in [0.15, 0.2) is 0 Å². The predicted octanol–water partition coefficient (Wildman–Crippen LogP) is 2.21. The maximum Gasteiger partial charge on any atom is 0.314 e. The van der Waals surface area contributed by atoms with Crippen molar-refractivity contribution >= 4 is 6.03 Å². The van der Waals surface area contributed by atoms with E-state index in [2.05, 4.69) is 13.8 Å². The van der Waals surface area contributed by atoms with E-state index in [1.54, 1.807) is 4.90 Å². The molecule has 1 heterocycles. The molecule has 2 fully saturated rings. The molecule has 15 heavy (non-hydrogen) atoms. The summed E-state index contributed by atoms with van der Waals surface area (Å²) in [6.07, 6.45) is 5.26. The third-order valence-electron chi connectivity index (χ3n) is 4.40. The van der Waals surface area contributed by atoms with Gasteiger partial charge in [0.1, 0.15) is 0 Å². The number of rotatable bonds is 1. The van der Waals surface area contributed by atoms with Crippen molar-refractivity contribution in [3.8, 4) is 0 Å². The number of hydrogen-bond donors (Lipinski definition) is 1. The third kappa shape index (κ3) is 1.97. The van der Waals surface area contributed by atoms with Crippen LogP contribution in [0.3, 0.4) is 0 Å². The summed E-state index contributed by atoms with van der Waals surface area (Å²) in [7, 11) is 0. The van der Waals surface area contributed by atoms with Gasteiger partial charge in [0.2, 0.25) is 0 Å². The van der Waals surface area contributed by atoms with Gasteiger partial charge in [-0.3, -0.25) is 0 Å². The Morgan fingerprint density at radius 1 is 1.33 bits per heavy atom. The summed E-state index contributed by atoms with van der Waals surface area (Å²) < 4.78 is 0. The van der Waals surface area contributed by atoms with E-state index in [-0.39, 0.29) is 6.03 Å². The Kier molecular flexibility index (Phi) is 2.65. The van der Waals surface area contributed by atoms with Gasteiger partial charge in [-0.05, 0) is 37.5 Å². The lowest BCUT2D eigenvalue weighted by Gasteiger charge is -2.53. The molecule has 0 aromatic carbocycles. The number of nitrogens with two attached hydrogens (primary N) is 1. The van der Waals surface area contributed by atoms with Crippen molar-refractivity contribution in [2.75, 3.05) is 13.1 Å². The standard InChI is InChI=1S/C12H22N2O/c1-9(2)10-3-5-12(6-4-10)7-14(8-12)11(13)15/h9-10H,3-8H2,1-2H3,(H2,13,15). The van der Waals surface area contributed by atoms with Gasteiger partial charge in [0.15, 0.2) is 0 Å². The van der Waals surface area contributed by atoms with Gasteiger partial charge in [-0.1, -0.05) is 13.8 Å². The minimum absolute atomic E-state index is 0.244. The smallest absolute Gasteiger partial charge is 0.314 e. The zero-order chi connectivity index (χ0) is 11.1. The maximum absolute atomic E-state index is 10.9. The molecular weight excluding hydrogens is 188 g/mol. The average Bonchev–Trinajstić information content (AvgIpc) is 2.13. The summed E-state index contributed by atoms with van der Waals surface area (Å²) in [4.78, 5) is 12.7.